The molecule has 0 saturated carbocycles. The van der Waals surface area contributed by atoms with Crippen LogP contribution in [0.5, 0.6) is 0 Å². The van der Waals surface area contributed by atoms with Gasteiger partial charge in [0.05, 0.1) is 11.4 Å². The van der Waals surface area contributed by atoms with Crippen molar-refractivity contribution in [2.45, 2.75) is 19.5 Å². The highest BCUT2D eigenvalue weighted by molar-refractivity contribution is 7.12. The number of aromatic nitrogens is 2. The molecule has 7 heteroatoms. The van der Waals surface area contributed by atoms with Crippen molar-refractivity contribution in [3.05, 3.63) is 70.7 Å². The second kappa shape index (κ2) is 7.76. The van der Waals surface area contributed by atoms with Crippen LogP contribution >= 0.6 is 11.3 Å². The van der Waals surface area contributed by atoms with Gasteiger partial charge in [0, 0.05) is 18.1 Å². The summed E-state index contributed by atoms with van der Waals surface area (Å²) in [6, 6.07) is 12.3. The van der Waals surface area contributed by atoms with E-state index in [1.54, 1.807) is 29.9 Å². The molecule has 2 heterocycles. The molecule has 0 bridgehead atoms. The molecule has 25 heavy (non-hydrogen) atoms. The van der Waals surface area contributed by atoms with Gasteiger partial charge in [0.15, 0.2) is 0 Å². The van der Waals surface area contributed by atoms with Crippen molar-refractivity contribution >= 4 is 28.8 Å². The first kappa shape index (κ1) is 16.9. The molecule has 0 radical (unpaired) electrons. The zero-order valence-corrected chi connectivity index (χ0v) is 14.5. The number of thiophene rings is 1. The number of hydrogen-bond acceptors (Lipinski definition) is 4. The Hall–Kier alpha value is -2.93. The maximum absolute atomic E-state index is 12.4. The molecule has 0 aliphatic heterocycles. The second-order valence-corrected chi connectivity index (χ2v) is 6.47. The first-order valence-corrected chi connectivity index (χ1v) is 8.72. The zero-order chi connectivity index (χ0) is 17.6. The Morgan fingerprint density at radius 3 is 2.76 bits per heavy atom. The van der Waals surface area contributed by atoms with E-state index in [4.69, 9.17) is 0 Å². The molecule has 1 atom stereocenters. The van der Waals surface area contributed by atoms with Crippen molar-refractivity contribution in [2.75, 3.05) is 5.32 Å². The smallest absolute Gasteiger partial charge is 0.261 e. The van der Waals surface area contributed by atoms with Gasteiger partial charge in [-0.25, -0.2) is 0 Å². The molecule has 0 spiro atoms. The van der Waals surface area contributed by atoms with E-state index in [1.807, 2.05) is 41.9 Å². The maximum atomic E-state index is 12.4. The summed E-state index contributed by atoms with van der Waals surface area (Å²) in [5.74, 6) is -0.514. The third kappa shape index (κ3) is 4.33. The normalized spacial score (nSPS) is 11.7. The van der Waals surface area contributed by atoms with Gasteiger partial charge in [-0.15, -0.1) is 11.3 Å². The Kier molecular flexibility index (Phi) is 5.25. The summed E-state index contributed by atoms with van der Waals surface area (Å²) in [4.78, 5) is 25.1. The van der Waals surface area contributed by atoms with Crippen molar-refractivity contribution in [3.63, 3.8) is 0 Å². The number of nitrogens with one attached hydrogen (secondary N) is 2. The minimum atomic E-state index is -0.646. The van der Waals surface area contributed by atoms with Crippen LogP contribution in [-0.4, -0.2) is 27.6 Å². The summed E-state index contributed by atoms with van der Waals surface area (Å²) in [5, 5.41) is 11.6. The SMILES string of the molecule is CC(NC(=O)c1cccs1)C(=O)Nc1ccccc1Cn1cccn1. The average molecular weight is 354 g/mol. The van der Waals surface area contributed by atoms with E-state index >= 15 is 0 Å². The average Bonchev–Trinajstić information content (AvgIpc) is 3.30. The highest BCUT2D eigenvalue weighted by atomic mass is 32.1. The van der Waals surface area contributed by atoms with Crippen molar-refractivity contribution in [2.24, 2.45) is 0 Å². The molecule has 0 saturated heterocycles. The number of para-hydroxylation sites is 1. The van der Waals surface area contributed by atoms with Gasteiger partial charge < -0.3 is 10.6 Å². The number of amides is 2. The molecule has 128 valence electrons. The summed E-state index contributed by atoms with van der Waals surface area (Å²) < 4.78 is 1.78. The molecule has 6 nitrogen and oxygen atoms in total. The number of carbonyl (C=O) groups is 2. The second-order valence-electron chi connectivity index (χ2n) is 5.52. The van der Waals surface area contributed by atoms with Crippen molar-refractivity contribution in [3.8, 4) is 0 Å². The van der Waals surface area contributed by atoms with Crippen molar-refractivity contribution in [1.29, 1.82) is 0 Å². The highest BCUT2D eigenvalue weighted by Crippen LogP contribution is 2.16. The first-order valence-electron chi connectivity index (χ1n) is 7.84. The molecule has 2 aromatic heterocycles. The number of anilines is 1. The maximum Gasteiger partial charge on any atom is 0.261 e. The van der Waals surface area contributed by atoms with E-state index in [0.29, 0.717) is 17.1 Å². The lowest BCUT2D eigenvalue weighted by Gasteiger charge is -2.16. The lowest BCUT2D eigenvalue weighted by molar-refractivity contribution is -0.117. The number of rotatable bonds is 6. The van der Waals surface area contributed by atoms with Gasteiger partial charge in [-0.1, -0.05) is 24.3 Å². The van der Waals surface area contributed by atoms with Crippen molar-refractivity contribution in [1.82, 2.24) is 15.1 Å². The number of nitrogens with zero attached hydrogens (tertiary/aromatic N) is 2. The number of carbonyl (C=O) groups excluding carboxylic acids is 2. The molecule has 3 aromatic rings. The van der Waals surface area contributed by atoms with Crippen LogP contribution in [0, 0.1) is 0 Å². The van der Waals surface area contributed by atoms with Gasteiger partial charge in [-0.2, -0.15) is 5.10 Å². The van der Waals surface area contributed by atoms with Crippen LogP contribution in [0.15, 0.2) is 60.2 Å². The Morgan fingerprint density at radius 2 is 2.04 bits per heavy atom. The molecular weight excluding hydrogens is 336 g/mol. The minimum Gasteiger partial charge on any atom is -0.340 e. The lowest BCUT2D eigenvalue weighted by atomic mass is 10.1. The quantitative estimate of drug-likeness (QED) is 0.715. The van der Waals surface area contributed by atoms with Crippen LogP contribution in [0.25, 0.3) is 0 Å². The molecular formula is C18H18N4O2S. The van der Waals surface area contributed by atoms with Crippen LogP contribution in [0.1, 0.15) is 22.2 Å². The summed E-state index contributed by atoms with van der Waals surface area (Å²) in [7, 11) is 0. The van der Waals surface area contributed by atoms with Crippen LogP contribution in [-0.2, 0) is 11.3 Å². The van der Waals surface area contributed by atoms with Crippen molar-refractivity contribution < 1.29 is 9.59 Å². The molecule has 2 N–H and O–H groups in total. The Bertz CT molecular complexity index is 844. The minimum absolute atomic E-state index is 0.248. The van der Waals surface area contributed by atoms with Crippen LogP contribution < -0.4 is 10.6 Å². The predicted octanol–water partition coefficient (Wildman–Crippen LogP) is 2.75. The Balaban J connectivity index is 1.65. The largest absolute Gasteiger partial charge is 0.340 e. The van der Waals surface area contributed by atoms with Gasteiger partial charge in [0.1, 0.15) is 6.04 Å². The van der Waals surface area contributed by atoms with Gasteiger partial charge >= 0.3 is 0 Å². The van der Waals surface area contributed by atoms with Gasteiger partial charge in [0.2, 0.25) is 5.91 Å². The molecule has 1 aromatic carbocycles. The first-order chi connectivity index (χ1) is 12.1. The fraction of sp³-hybridized carbons (Fsp3) is 0.167. The summed E-state index contributed by atoms with van der Waals surface area (Å²) >= 11 is 1.34. The topological polar surface area (TPSA) is 76.0 Å². The molecule has 3 rings (SSSR count). The number of hydrogen-bond donors (Lipinski definition) is 2. The lowest BCUT2D eigenvalue weighted by Crippen LogP contribution is -2.41. The van der Waals surface area contributed by atoms with E-state index < -0.39 is 6.04 Å². The van der Waals surface area contributed by atoms with E-state index in [1.165, 1.54) is 11.3 Å². The Morgan fingerprint density at radius 1 is 1.20 bits per heavy atom. The fourth-order valence-electron chi connectivity index (χ4n) is 2.33. The van der Waals surface area contributed by atoms with Gasteiger partial charge in [0.25, 0.3) is 5.91 Å². The summed E-state index contributed by atoms with van der Waals surface area (Å²) in [6.45, 7) is 2.22. The molecule has 2 amide bonds. The van der Waals surface area contributed by atoms with Crippen LogP contribution in [0.4, 0.5) is 5.69 Å². The standard InChI is InChI=1S/C18H18N4O2S/c1-13(20-18(24)16-8-4-11-25-16)17(23)21-15-7-3-2-6-14(15)12-22-10-5-9-19-22/h2-11,13H,12H2,1H3,(H,20,24)(H,21,23). The molecule has 0 aliphatic carbocycles. The predicted molar refractivity (Wildman–Crippen MR) is 97.6 cm³/mol. The third-order valence-electron chi connectivity index (χ3n) is 3.65. The van der Waals surface area contributed by atoms with E-state index in [2.05, 4.69) is 15.7 Å². The van der Waals surface area contributed by atoms with Gasteiger partial charge in [-0.05, 0) is 36.1 Å². The zero-order valence-electron chi connectivity index (χ0n) is 13.7. The molecule has 1 unspecified atom stereocenters. The highest BCUT2D eigenvalue weighted by Gasteiger charge is 2.18. The monoisotopic (exact) mass is 354 g/mol. The van der Waals surface area contributed by atoms with E-state index in [9.17, 15) is 9.59 Å². The molecule has 0 fully saturated rings. The summed E-state index contributed by atoms with van der Waals surface area (Å²) in [6.07, 6.45) is 3.58. The summed E-state index contributed by atoms with van der Waals surface area (Å²) in [5.41, 5.74) is 1.65. The van der Waals surface area contributed by atoms with E-state index in [0.717, 1.165) is 5.56 Å². The van der Waals surface area contributed by atoms with Crippen LogP contribution in [0.3, 0.4) is 0 Å². The number of benzene rings is 1. The Labute approximate surface area is 149 Å². The third-order valence-corrected chi connectivity index (χ3v) is 4.52. The fourth-order valence-corrected chi connectivity index (χ4v) is 2.96. The molecule has 0 aliphatic rings. The van der Waals surface area contributed by atoms with E-state index in [-0.39, 0.29) is 11.8 Å². The van der Waals surface area contributed by atoms with Gasteiger partial charge in [-0.3, -0.25) is 14.3 Å². The van der Waals surface area contributed by atoms with Crippen LogP contribution in [0.2, 0.25) is 0 Å².